The van der Waals surface area contributed by atoms with E-state index in [1.807, 2.05) is 27.7 Å². The summed E-state index contributed by atoms with van der Waals surface area (Å²) >= 11 is 6.59. The summed E-state index contributed by atoms with van der Waals surface area (Å²) in [7, 11) is -2.70. The molecule has 30 heavy (non-hydrogen) atoms. The number of halogens is 1. The molecule has 0 spiro atoms. The van der Waals surface area contributed by atoms with Gasteiger partial charge in [0.25, 0.3) is 0 Å². The van der Waals surface area contributed by atoms with Crippen LogP contribution in [-0.2, 0) is 19.3 Å². The van der Waals surface area contributed by atoms with E-state index in [9.17, 15) is 8.42 Å². The lowest BCUT2D eigenvalue weighted by molar-refractivity contribution is 0.00578. The normalized spacial score (nSPS) is 28.6. The number of hydrogen-bond acceptors (Lipinski definition) is 5. The maximum atomic E-state index is 13.6. The minimum atomic E-state index is -3.68. The first-order valence-corrected chi connectivity index (χ1v) is 12.7. The standard InChI is InChI=1S/C21H32BClN2O4S/c1-20(2)21(3,4)29-22(28-20)15-11-19-17(12-16(15)23)24-13-18(25(5)30(19,26)27)14-9-7-6-8-10-14/h11-12,14,18,24H,6-10,13H2,1-5H3/t18-/m0/s1. The number of hydrogen-bond donors (Lipinski definition) is 1. The van der Waals surface area contributed by atoms with Gasteiger partial charge in [0, 0.05) is 30.1 Å². The van der Waals surface area contributed by atoms with Crippen molar-refractivity contribution in [3.8, 4) is 0 Å². The number of rotatable bonds is 2. The summed E-state index contributed by atoms with van der Waals surface area (Å²) in [6.45, 7) is 8.44. The quantitative estimate of drug-likeness (QED) is 0.691. The molecule has 3 aliphatic rings. The van der Waals surface area contributed by atoms with Gasteiger partial charge in [0.05, 0.1) is 16.9 Å². The third-order valence-corrected chi connectivity index (χ3v) is 9.68. The molecule has 1 aromatic rings. The molecule has 1 aromatic carbocycles. The second kappa shape index (κ2) is 7.66. The summed E-state index contributed by atoms with van der Waals surface area (Å²) in [4.78, 5) is 0.234. The van der Waals surface area contributed by atoms with Gasteiger partial charge in [0.1, 0.15) is 4.90 Å². The van der Waals surface area contributed by atoms with Crippen molar-refractivity contribution in [3.63, 3.8) is 0 Å². The molecule has 0 radical (unpaired) electrons. The zero-order valence-electron chi connectivity index (χ0n) is 18.5. The van der Waals surface area contributed by atoms with E-state index in [2.05, 4.69) is 5.32 Å². The molecule has 0 amide bonds. The maximum Gasteiger partial charge on any atom is 0.496 e. The van der Waals surface area contributed by atoms with Crippen molar-refractivity contribution in [3.05, 3.63) is 17.2 Å². The topological polar surface area (TPSA) is 67.9 Å². The minimum absolute atomic E-state index is 0.0678. The van der Waals surface area contributed by atoms with Crippen LogP contribution in [0, 0.1) is 5.92 Å². The Labute approximate surface area is 185 Å². The minimum Gasteiger partial charge on any atom is -0.399 e. The number of sulfonamides is 1. The molecule has 1 aliphatic carbocycles. The van der Waals surface area contributed by atoms with Gasteiger partial charge in [-0.05, 0) is 58.6 Å². The Morgan fingerprint density at radius 2 is 1.70 bits per heavy atom. The average molecular weight is 455 g/mol. The Hall–Kier alpha value is -0.795. The molecule has 1 atom stereocenters. The van der Waals surface area contributed by atoms with Crippen molar-refractivity contribution in [2.45, 2.75) is 81.9 Å². The molecular formula is C21H32BClN2O4S. The lowest BCUT2D eigenvalue weighted by Gasteiger charge is -2.34. The molecule has 9 heteroatoms. The first kappa shape index (κ1) is 22.4. The van der Waals surface area contributed by atoms with Gasteiger partial charge >= 0.3 is 7.12 Å². The Balaban J connectivity index is 1.71. The highest BCUT2D eigenvalue weighted by atomic mass is 35.5. The average Bonchev–Trinajstić information content (AvgIpc) is 2.83. The zero-order valence-corrected chi connectivity index (χ0v) is 20.1. The van der Waals surface area contributed by atoms with E-state index in [4.69, 9.17) is 20.9 Å². The molecule has 166 valence electrons. The summed E-state index contributed by atoms with van der Waals surface area (Å²) in [5.41, 5.74) is 0.0241. The number of benzene rings is 1. The summed E-state index contributed by atoms with van der Waals surface area (Å²) < 4.78 is 41.0. The fourth-order valence-corrected chi connectivity index (χ4v) is 6.58. The zero-order chi connectivity index (χ0) is 21.9. The second-order valence-electron chi connectivity index (χ2n) is 9.83. The van der Waals surface area contributed by atoms with Crippen molar-refractivity contribution in [1.82, 2.24) is 4.31 Å². The number of fused-ring (bicyclic) bond motifs is 1. The van der Waals surface area contributed by atoms with E-state index in [0.717, 1.165) is 12.8 Å². The van der Waals surface area contributed by atoms with Gasteiger partial charge in [-0.2, -0.15) is 4.31 Å². The number of likely N-dealkylation sites (N-methyl/N-ethyl adjacent to an activating group) is 1. The Morgan fingerprint density at radius 1 is 1.10 bits per heavy atom. The van der Waals surface area contributed by atoms with Crippen LogP contribution in [0.25, 0.3) is 0 Å². The van der Waals surface area contributed by atoms with E-state index in [0.29, 0.717) is 28.6 Å². The van der Waals surface area contributed by atoms with Crippen LogP contribution in [0.15, 0.2) is 17.0 Å². The van der Waals surface area contributed by atoms with Gasteiger partial charge in [0.15, 0.2) is 0 Å². The Bertz CT molecular complexity index is 915. The van der Waals surface area contributed by atoms with Gasteiger partial charge < -0.3 is 14.6 Å². The van der Waals surface area contributed by atoms with Gasteiger partial charge in [-0.3, -0.25) is 0 Å². The highest BCUT2D eigenvalue weighted by molar-refractivity contribution is 7.89. The van der Waals surface area contributed by atoms with Crippen molar-refractivity contribution in [1.29, 1.82) is 0 Å². The van der Waals surface area contributed by atoms with Crippen molar-refractivity contribution < 1.29 is 17.7 Å². The Morgan fingerprint density at radius 3 is 2.30 bits per heavy atom. The third kappa shape index (κ3) is 3.68. The van der Waals surface area contributed by atoms with Crippen LogP contribution in [0.1, 0.15) is 59.8 Å². The van der Waals surface area contributed by atoms with Crippen LogP contribution in [0.3, 0.4) is 0 Å². The molecule has 4 rings (SSSR count). The van der Waals surface area contributed by atoms with E-state index in [1.54, 1.807) is 23.5 Å². The van der Waals surface area contributed by atoms with Crippen LogP contribution < -0.4 is 10.8 Å². The van der Waals surface area contributed by atoms with E-state index in [1.165, 1.54) is 19.3 Å². The van der Waals surface area contributed by atoms with Crippen LogP contribution in [0.5, 0.6) is 0 Å². The molecule has 0 bridgehead atoms. The fourth-order valence-electron chi connectivity index (χ4n) is 4.73. The molecule has 6 nitrogen and oxygen atoms in total. The van der Waals surface area contributed by atoms with Gasteiger partial charge in [0.2, 0.25) is 10.0 Å². The Kier molecular flexibility index (Phi) is 5.72. The second-order valence-corrected chi connectivity index (χ2v) is 12.2. The molecular weight excluding hydrogens is 423 g/mol. The smallest absolute Gasteiger partial charge is 0.399 e. The summed E-state index contributed by atoms with van der Waals surface area (Å²) in [6.07, 6.45) is 5.71. The van der Waals surface area contributed by atoms with Crippen molar-refractivity contribution in [2.24, 2.45) is 5.92 Å². The molecule has 2 heterocycles. The molecule has 1 saturated heterocycles. The van der Waals surface area contributed by atoms with Crippen LogP contribution in [-0.4, -0.2) is 50.7 Å². The van der Waals surface area contributed by atoms with Gasteiger partial charge in [-0.1, -0.05) is 30.9 Å². The molecule has 2 fully saturated rings. The molecule has 1 saturated carbocycles. The number of anilines is 1. The molecule has 2 aliphatic heterocycles. The summed E-state index contributed by atoms with van der Waals surface area (Å²) in [5.74, 6) is 0.373. The highest BCUT2D eigenvalue weighted by Gasteiger charge is 2.52. The first-order valence-electron chi connectivity index (χ1n) is 10.8. The summed E-state index contributed by atoms with van der Waals surface area (Å²) in [6, 6.07) is 3.26. The molecule has 0 aromatic heterocycles. The lowest BCUT2D eigenvalue weighted by Crippen LogP contribution is -2.44. The monoisotopic (exact) mass is 454 g/mol. The van der Waals surface area contributed by atoms with Crippen LogP contribution in [0.4, 0.5) is 5.69 Å². The van der Waals surface area contributed by atoms with E-state index in [-0.39, 0.29) is 10.9 Å². The van der Waals surface area contributed by atoms with Crippen molar-refractivity contribution in [2.75, 3.05) is 18.9 Å². The molecule has 0 unspecified atom stereocenters. The fraction of sp³-hybridized carbons (Fsp3) is 0.714. The lowest BCUT2D eigenvalue weighted by atomic mass is 9.79. The maximum absolute atomic E-state index is 13.6. The largest absolute Gasteiger partial charge is 0.496 e. The van der Waals surface area contributed by atoms with Crippen LogP contribution >= 0.6 is 11.6 Å². The van der Waals surface area contributed by atoms with Crippen LogP contribution in [0.2, 0.25) is 5.02 Å². The van der Waals surface area contributed by atoms with Gasteiger partial charge in [-0.15, -0.1) is 0 Å². The third-order valence-electron chi connectivity index (χ3n) is 7.43. The van der Waals surface area contributed by atoms with E-state index < -0.39 is 28.3 Å². The summed E-state index contributed by atoms with van der Waals surface area (Å²) in [5, 5.41) is 3.80. The predicted octanol–water partition coefficient (Wildman–Crippen LogP) is 3.63. The molecule has 1 N–H and O–H groups in total. The van der Waals surface area contributed by atoms with Gasteiger partial charge in [-0.25, -0.2) is 8.42 Å². The predicted molar refractivity (Wildman–Crippen MR) is 121 cm³/mol. The SMILES string of the molecule is CN1[C@H](C2CCCCC2)CNc2cc(Cl)c(B3OC(C)(C)C(C)(C)O3)cc2S1(=O)=O. The first-order chi connectivity index (χ1) is 13.9. The van der Waals surface area contributed by atoms with Crippen molar-refractivity contribution >= 4 is 39.9 Å². The number of nitrogens with one attached hydrogen (secondary N) is 1. The number of nitrogens with zero attached hydrogens (tertiary/aromatic N) is 1. The van der Waals surface area contributed by atoms with E-state index >= 15 is 0 Å². The highest BCUT2D eigenvalue weighted by Crippen LogP contribution is 2.39.